The van der Waals surface area contributed by atoms with E-state index in [1.165, 1.54) is 6.20 Å². The molecule has 1 aromatic carbocycles. The van der Waals surface area contributed by atoms with E-state index in [1.54, 1.807) is 12.4 Å². The van der Waals surface area contributed by atoms with Crippen molar-refractivity contribution in [3.63, 3.8) is 0 Å². The van der Waals surface area contributed by atoms with E-state index in [0.29, 0.717) is 17.3 Å². The number of aromatic amines is 1. The van der Waals surface area contributed by atoms with E-state index in [0.717, 1.165) is 42.9 Å². The number of nitrogens with zero attached hydrogens (tertiary/aromatic N) is 4. The largest absolute Gasteiger partial charge is 0.429 e. The van der Waals surface area contributed by atoms with Gasteiger partial charge in [-0.25, -0.2) is 9.97 Å². The van der Waals surface area contributed by atoms with Crippen molar-refractivity contribution in [1.29, 1.82) is 0 Å². The molecule has 0 spiro atoms. The van der Waals surface area contributed by atoms with E-state index < -0.39 is 5.91 Å². The summed E-state index contributed by atoms with van der Waals surface area (Å²) in [5.41, 5.74) is 3.27. The first-order chi connectivity index (χ1) is 14.3. The van der Waals surface area contributed by atoms with Gasteiger partial charge in [0.1, 0.15) is 0 Å². The average molecular weight is 389 g/mol. The molecule has 0 atom stereocenters. The van der Waals surface area contributed by atoms with Crippen LogP contribution in [0.15, 0.2) is 53.3 Å². The van der Waals surface area contributed by atoms with Crippen LogP contribution in [0.4, 0.5) is 11.4 Å². The van der Waals surface area contributed by atoms with Gasteiger partial charge in [0.25, 0.3) is 5.89 Å². The van der Waals surface area contributed by atoms with Gasteiger partial charge in [0.05, 0.1) is 34.8 Å². The maximum atomic E-state index is 12.7. The summed E-state index contributed by atoms with van der Waals surface area (Å²) in [5, 5.41) is 6.19. The summed E-state index contributed by atoms with van der Waals surface area (Å²) in [6.07, 6.45) is 4.85. The number of nitrogens with one attached hydrogen (secondary N) is 3. The Hall–Kier alpha value is -3.72. The number of anilines is 2. The Bertz CT molecular complexity index is 1130. The number of piperazine rings is 1. The lowest BCUT2D eigenvalue weighted by atomic mass is 10.2. The van der Waals surface area contributed by atoms with Crippen LogP contribution < -0.4 is 15.5 Å². The third-order valence-electron chi connectivity index (χ3n) is 4.83. The van der Waals surface area contributed by atoms with Gasteiger partial charge in [-0.05, 0) is 18.2 Å². The van der Waals surface area contributed by atoms with Gasteiger partial charge < -0.3 is 24.9 Å². The number of carbonyl (C=O) groups excluding carboxylic acids is 1. The molecule has 1 saturated heterocycles. The molecule has 4 heterocycles. The number of H-pyrrole nitrogens is 1. The average Bonchev–Trinajstić information content (AvgIpc) is 3.42. The summed E-state index contributed by atoms with van der Waals surface area (Å²) in [5.74, 6) is 0.466. The lowest BCUT2D eigenvalue weighted by Crippen LogP contribution is -2.43. The molecule has 1 amide bonds. The number of oxazole rings is 1. The quantitative estimate of drug-likeness (QED) is 0.491. The van der Waals surface area contributed by atoms with Crippen molar-refractivity contribution in [2.75, 3.05) is 36.4 Å². The lowest BCUT2D eigenvalue weighted by molar-refractivity contribution is 0.0991. The lowest BCUT2D eigenvalue weighted by Gasteiger charge is -2.30. The third kappa shape index (κ3) is 3.43. The number of fused-ring (bicyclic) bond motifs is 1. The molecular weight excluding hydrogens is 370 g/mol. The fourth-order valence-corrected chi connectivity index (χ4v) is 3.40. The fraction of sp³-hybridized carbons (Fsp3) is 0.200. The monoisotopic (exact) mass is 389 g/mol. The zero-order valence-electron chi connectivity index (χ0n) is 15.6. The number of aromatic nitrogens is 4. The van der Waals surface area contributed by atoms with Gasteiger partial charge >= 0.3 is 5.91 Å². The summed E-state index contributed by atoms with van der Waals surface area (Å²) < 4.78 is 5.66. The van der Waals surface area contributed by atoms with Crippen molar-refractivity contribution in [3.8, 4) is 11.6 Å². The van der Waals surface area contributed by atoms with Gasteiger partial charge in [-0.15, -0.1) is 0 Å². The number of carbonyl (C=O) groups is 1. The van der Waals surface area contributed by atoms with E-state index in [1.807, 2.05) is 30.3 Å². The van der Waals surface area contributed by atoms with Crippen molar-refractivity contribution in [1.82, 2.24) is 25.3 Å². The Morgan fingerprint density at radius 2 is 2.00 bits per heavy atom. The molecule has 3 N–H and O–H groups in total. The molecule has 9 heteroatoms. The van der Waals surface area contributed by atoms with Crippen LogP contribution in [-0.4, -0.2) is 52.0 Å². The Morgan fingerprint density at radius 3 is 2.86 bits per heavy atom. The zero-order chi connectivity index (χ0) is 19.6. The highest BCUT2D eigenvalue weighted by molar-refractivity contribution is 6.03. The molecule has 3 aromatic heterocycles. The van der Waals surface area contributed by atoms with E-state index >= 15 is 0 Å². The predicted molar refractivity (Wildman–Crippen MR) is 109 cm³/mol. The first-order valence-electron chi connectivity index (χ1n) is 9.40. The summed E-state index contributed by atoms with van der Waals surface area (Å²) in [6.45, 7) is 3.52. The van der Waals surface area contributed by atoms with Crippen LogP contribution in [0.5, 0.6) is 0 Å². The summed E-state index contributed by atoms with van der Waals surface area (Å²) in [6, 6.07) is 9.56. The van der Waals surface area contributed by atoms with E-state index in [-0.39, 0.29) is 5.89 Å². The highest BCUT2D eigenvalue weighted by Crippen LogP contribution is 2.26. The number of imidazole rings is 1. The number of hydrogen-bond donors (Lipinski definition) is 3. The van der Waals surface area contributed by atoms with Crippen LogP contribution in [-0.2, 0) is 0 Å². The minimum absolute atomic E-state index is 0.0319. The molecule has 1 fully saturated rings. The molecule has 5 rings (SSSR count). The van der Waals surface area contributed by atoms with Gasteiger partial charge in [-0.3, -0.25) is 9.78 Å². The summed E-state index contributed by atoms with van der Waals surface area (Å²) in [4.78, 5) is 30.8. The number of amides is 1. The van der Waals surface area contributed by atoms with Crippen LogP contribution in [0.3, 0.4) is 0 Å². The fourth-order valence-electron chi connectivity index (χ4n) is 3.40. The van der Waals surface area contributed by atoms with Crippen LogP contribution in [0.1, 0.15) is 10.7 Å². The standard InChI is InChI=1S/C20H19N7O2/c28-19(26-15-11-22-6-5-16(15)27-9-7-21-8-10-27)20-23-12-17(29-20)18-24-13-3-1-2-4-14(13)25-18/h1-6,11-12,21H,7-10H2,(H,24,25)(H,26,28). The van der Waals surface area contributed by atoms with E-state index in [9.17, 15) is 4.79 Å². The molecule has 9 nitrogen and oxygen atoms in total. The minimum Gasteiger partial charge on any atom is -0.429 e. The van der Waals surface area contributed by atoms with Gasteiger partial charge in [-0.1, -0.05) is 12.1 Å². The second kappa shape index (κ2) is 7.36. The van der Waals surface area contributed by atoms with Crippen molar-refractivity contribution >= 4 is 28.3 Å². The van der Waals surface area contributed by atoms with Crippen LogP contribution in [0.25, 0.3) is 22.6 Å². The zero-order valence-corrected chi connectivity index (χ0v) is 15.6. The molecule has 4 aromatic rings. The van der Waals surface area contributed by atoms with Crippen molar-refractivity contribution in [2.45, 2.75) is 0 Å². The van der Waals surface area contributed by atoms with Gasteiger partial charge in [0, 0.05) is 32.4 Å². The first-order valence-corrected chi connectivity index (χ1v) is 9.40. The second-order valence-electron chi connectivity index (χ2n) is 6.72. The second-order valence-corrected chi connectivity index (χ2v) is 6.72. The number of para-hydroxylation sites is 2. The number of pyridine rings is 1. The number of benzene rings is 1. The maximum absolute atomic E-state index is 12.7. The SMILES string of the molecule is O=C(Nc1cnccc1N1CCNCC1)c1ncc(-c2nc3ccccc3[nH]2)o1. The topological polar surface area (TPSA) is 112 Å². The van der Waals surface area contributed by atoms with Crippen molar-refractivity contribution < 1.29 is 9.21 Å². The molecule has 1 aliphatic rings. The Labute approximate surface area is 166 Å². The normalized spacial score (nSPS) is 14.3. The van der Waals surface area contributed by atoms with Crippen LogP contribution in [0, 0.1) is 0 Å². The molecular formula is C20H19N7O2. The van der Waals surface area contributed by atoms with Gasteiger partial charge in [0.2, 0.25) is 0 Å². The minimum atomic E-state index is -0.434. The van der Waals surface area contributed by atoms with Gasteiger partial charge in [-0.2, -0.15) is 0 Å². The van der Waals surface area contributed by atoms with E-state index in [2.05, 4.69) is 35.5 Å². The molecule has 0 saturated carbocycles. The number of rotatable bonds is 4. The molecule has 29 heavy (non-hydrogen) atoms. The Balaban J connectivity index is 1.37. The highest BCUT2D eigenvalue weighted by atomic mass is 16.4. The Kier molecular flexibility index (Phi) is 4.41. The first kappa shape index (κ1) is 17.4. The molecule has 0 radical (unpaired) electrons. The molecule has 0 bridgehead atoms. The predicted octanol–water partition coefficient (Wildman–Crippen LogP) is 2.27. The molecule has 0 unspecified atom stereocenters. The van der Waals surface area contributed by atoms with Crippen molar-refractivity contribution in [2.24, 2.45) is 0 Å². The summed E-state index contributed by atoms with van der Waals surface area (Å²) in [7, 11) is 0. The van der Waals surface area contributed by atoms with Crippen LogP contribution in [0.2, 0.25) is 0 Å². The van der Waals surface area contributed by atoms with Crippen LogP contribution >= 0.6 is 0 Å². The molecule has 1 aliphatic heterocycles. The maximum Gasteiger partial charge on any atom is 0.311 e. The van der Waals surface area contributed by atoms with E-state index in [4.69, 9.17) is 4.42 Å². The molecule has 0 aliphatic carbocycles. The third-order valence-corrected chi connectivity index (χ3v) is 4.83. The smallest absolute Gasteiger partial charge is 0.311 e. The Morgan fingerprint density at radius 1 is 1.14 bits per heavy atom. The molecule has 146 valence electrons. The van der Waals surface area contributed by atoms with Gasteiger partial charge in [0.15, 0.2) is 11.6 Å². The van der Waals surface area contributed by atoms with Crippen molar-refractivity contribution in [3.05, 3.63) is 54.8 Å². The summed E-state index contributed by atoms with van der Waals surface area (Å²) >= 11 is 0. The number of hydrogen-bond acceptors (Lipinski definition) is 7. The highest BCUT2D eigenvalue weighted by Gasteiger charge is 2.20.